The molecule has 0 amide bonds. The summed E-state index contributed by atoms with van der Waals surface area (Å²) in [5, 5.41) is 13.4. The van der Waals surface area contributed by atoms with Crippen molar-refractivity contribution in [3.63, 3.8) is 0 Å². The fraction of sp³-hybridized carbons (Fsp3) is 0.0909. The lowest BCUT2D eigenvalue weighted by molar-refractivity contribution is -0.384. The number of benzene rings is 1. The lowest BCUT2D eigenvalue weighted by Crippen LogP contribution is -2.01. The predicted molar refractivity (Wildman–Crippen MR) is 61.2 cm³/mol. The molecule has 0 spiro atoms. The summed E-state index contributed by atoms with van der Waals surface area (Å²) in [6.45, 7) is 0.404. The van der Waals surface area contributed by atoms with Crippen molar-refractivity contribution in [3.8, 4) is 0 Å². The molecule has 1 aromatic carbocycles. The molecule has 0 aliphatic rings. The number of rotatable bonds is 4. The highest BCUT2D eigenvalue weighted by Crippen LogP contribution is 2.21. The minimum Gasteiger partial charge on any atom is -0.378 e. The molecule has 0 radical (unpaired) electrons. The predicted octanol–water partition coefficient (Wildman–Crippen LogP) is 2.67. The monoisotopic (exact) mass is 235 g/mol. The first-order valence-corrected chi connectivity index (χ1v) is 4.96. The zero-order chi connectivity index (χ0) is 12.3. The van der Waals surface area contributed by atoms with E-state index in [9.17, 15) is 14.5 Å². The van der Waals surface area contributed by atoms with Gasteiger partial charge < -0.3 is 10.3 Å². The number of anilines is 1. The molecule has 88 valence electrons. The summed E-state index contributed by atoms with van der Waals surface area (Å²) in [4.78, 5) is 12.9. The molecule has 0 aliphatic heterocycles. The van der Waals surface area contributed by atoms with Gasteiger partial charge in [0, 0.05) is 31.1 Å². The normalized spacial score (nSPS) is 10.2. The van der Waals surface area contributed by atoms with Gasteiger partial charge in [-0.15, -0.1) is 0 Å². The molecule has 0 fully saturated rings. The van der Waals surface area contributed by atoms with Gasteiger partial charge in [-0.05, 0) is 17.7 Å². The van der Waals surface area contributed by atoms with Crippen LogP contribution in [0.4, 0.5) is 15.8 Å². The van der Waals surface area contributed by atoms with Crippen molar-refractivity contribution < 1.29 is 9.31 Å². The van der Waals surface area contributed by atoms with Crippen LogP contribution in [-0.4, -0.2) is 9.91 Å². The standard InChI is InChI=1S/C11H10FN3O2/c12-10-2-1-9(15(16)17)5-11(10)14-7-8-3-4-13-6-8/h1-6,13-14H,7H2. The van der Waals surface area contributed by atoms with Gasteiger partial charge in [0.1, 0.15) is 5.82 Å². The summed E-state index contributed by atoms with van der Waals surface area (Å²) in [6.07, 6.45) is 3.52. The third-order valence-electron chi connectivity index (χ3n) is 2.31. The minimum absolute atomic E-state index is 0.125. The smallest absolute Gasteiger partial charge is 0.271 e. The third-order valence-corrected chi connectivity index (χ3v) is 2.31. The van der Waals surface area contributed by atoms with Crippen LogP contribution in [0.1, 0.15) is 5.56 Å². The quantitative estimate of drug-likeness (QED) is 0.632. The van der Waals surface area contributed by atoms with E-state index in [4.69, 9.17) is 0 Å². The van der Waals surface area contributed by atoms with E-state index < -0.39 is 10.7 Å². The molecule has 0 unspecified atom stereocenters. The summed E-state index contributed by atoms with van der Waals surface area (Å²) in [6, 6.07) is 5.23. The van der Waals surface area contributed by atoms with Crippen molar-refractivity contribution in [2.24, 2.45) is 0 Å². The summed E-state index contributed by atoms with van der Waals surface area (Å²) in [7, 11) is 0. The molecule has 0 bridgehead atoms. The highest BCUT2D eigenvalue weighted by atomic mass is 19.1. The van der Waals surface area contributed by atoms with Gasteiger partial charge in [0.25, 0.3) is 5.69 Å². The van der Waals surface area contributed by atoms with E-state index in [2.05, 4.69) is 10.3 Å². The number of nitrogens with one attached hydrogen (secondary N) is 2. The van der Waals surface area contributed by atoms with E-state index in [0.717, 1.165) is 17.7 Å². The first kappa shape index (κ1) is 11.1. The number of hydrogen-bond donors (Lipinski definition) is 2. The van der Waals surface area contributed by atoms with Crippen molar-refractivity contribution in [1.82, 2.24) is 4.98 Å². The second kappa shape index (κ2) is 4.65. The average molecular weight is 235 g/mol. The molecule has 17 heavy (non-hydrogen) atoms. The molecular formula is C11H10FN3O2. The van der Waals surface area contributed by atoms with Crippen LogP contribution in [0.5, 0.6) is 0 Å². The van der Waals surface area contributed by atoms with Gasteiger partial charge in [-0.2, -0.15) is 0 Å². The fourth-order valence-electron chi connectivity index (χ4n) is 1.43. The molecule has 0 saturated carbocycles. The van der Waals surface area contributed by atoms with Gasteiger partial charge >= 0.3 is 0 Å². The number of nitro groups is 1. The first-order chi connectivity index (χ1) is 8.16. The van der Waals surface area contributed by atoms with Gasteiger partial charge in [0.05, 0.1) is 10.6 Å². The van der Waals surface area contributed by atoms with Gasteiger partial charge in [-0.25, -0.2) is 4.39 Å². The molecular weight excluding hydrogens is 225 g/mol. The Bertz CT molecular complexity index is 526. The minimum atomic E-state index is -0.555. The summed E-state index contributed by atoms with van der Waals surface area (Å²) in [5.74, 6) is -0.508. The van der Waals surface area contributed by atoms with Gasteiger partial charge in [-0.1, -0.05) is 0 Å². The molecule has 0 aliphatic carbocycles. The maximum Gasteiger partial charge on any atom is 0.271 e. The third kappa shape index (κ3) is 2.60. The Balaban J connectivity index is 2.14. The Morgan fingerprint density at radius 1 is 1.41 bits per heavy atom. The molecule has 2 N–H and O–H groups in total. The van der Waals surface area contributed by atoms with Crippen LogP contribution in [0, 0.1) is 15.9 Å². The number of H-pyrrole nitrogens is 1. The lowest BCUT2D eigenvalue weighted by Gasteiger charge is -2.05. The highest BCUT2D eigenvalue weighted by Gasteiger charge is 2.10. The Labute approximate surface area is 96.4 Å². The van der Waals surface area contributed by atoms with Gasteiger partial charge in [-0.3, -0.25) is 10.1 Å². The molecule has 1 heterocycles. The Hall–Kier alpha value is -2.37. The Morgan fingerprint density at radius 2 is 2.24 bits per heavy atom. The van der Waals surface area contributed by atoms with E-state index in [1.54, 1.807) is 12.4 Å². The lowest BCUT2D eigenvalue weighted by atomic mass is 10.2. The number of nitrogens with zero attached hydrogens (tertiary/aromatic N) is 1. The van der Waals surface area contributed by atoms with Crippen LogP contribution in [0.3, 0.4) is 0 Å². The van der Waals surface area contributed by atoms with Crippen molar-refractivity contribution in [3.05, 3.63) is 58.2 Å². The molecule has 0 saturated heterocycles. The van der Waals surface area contributed by atoms with E-state index in [0.29, 0.717) is 6.54 Å². The van der Waals surface area contributed by atoms with E-state index in [-0.39, 0.29) is 11.4 Å². The molecule has 6 heteroatoms. The summed E-state index contributed by atoms with van der Waals surface area (Å²) >= 11 is 0. The van der Waals surface area contributed by atoms with Crippen molar-refractivity contribution >= 4 is 11.4 Å². The number of non-ortho nitro benzene ring substituents is 1. The van der Waals surface area contributed by atoms with Crippen LogP contribution in [0.25, 0.3) is 0 Å². The maximum atomic E-state index is 13.4. The van der Waals surface area contributed by atoms with E-state index in [1.165, 1.54) is 6.07 Å². The van der Waals surface area contributed by atoms with Crippen LogP contribution in [0.15, 0.2) is 36.7 Å². The first-order valence-electron chi connectivity index (χ1n) is 4.96. The summed E-state index contributed by atoms with van der Waals surface area (Å²) in [5.41, 5.74) is 0.930. The van der Waals surface area contributed by atoms with Crippen molar-refractivity contribution in [1.29, 1.82) is 0 Å². The highest BCUT2D eigenvalue weighted by molar-refractivity contribution is 5.52. The molecule has 5 nitrogen and oxygen atoms in total. The van der Waals surface area contributed by atoms with Crippen molar-refractivity contribution in [2.45, 2.75) is 6.54 Å². The largest absolute Gasteiger partial charge is 0.378 e. The van der Waals surface area contributed by atoms with Crippen LogP contribution in [-0.2, 0) is 6.54 Å². The van der Waals surface area contributed by atoms with E-state index >= 15 is 0 Å². The summed E-state index contributed by atoms with van der Waals surface area (Å²) < 4.78 is 13.4. The number of aromatic amines is 1. The van der Waals surface area contributed by atoms with Gasteiger partial charge in [0.15, 0.2) is 0 Å². The van der Waals surface area contributed by atoms with Crippen LogP contribution >= 0.6 is 0 Å². The number of nitro benzene ring substituents is 1. The molecule has 0 atom stereocenters. The van der Waals surface area contributed by atoms with Gasteiger partial charge in [0.2, 0.25) is 0 Å². The average Bonchev–Trinajstić information content (AvgIpc) is 2.80. The van der Waals surface area contributed by atoms with Crippen molar-refractivity contribution in [2.75, 3.05) is 5.32 Å². The zero-order valence-corrected chi connectivity index (χ0v) is 8.81. The zero-order valence-electron chi connectivity index (χ0n) is 8.81. The second-order valence-electron chi connectivity index (χ2n) is 3.49. The van der Waals surface area contributed by atoms with Crippen LogP contribution < -0.4 is 5.32 Å². The number of hydrogen-bond acceptors (Lipinski definition) is 3. The van der Waals surface area contributed by atoms with E-state index in [1.807, 2.05) is 6.07 Å². The Kier molecular flexibility index (Phi) is 3.04. The molecule has 2 aromatic rings. The topological polar surface area (TPSA) is 71.0 Å². The van der Waals surface area contributed by atoms with Crippen LogP contribution in [0.2, 0.25) is 0 Å². The SMILES string of the molecule is O=[N+]([O-])c1ccc(F)c(NCc2cc[nH]c2)c1. The molecule has 2 rings (SSSR count). The molecule has 1 aromatic heterocycles. The Morgan fingerprint density at radius 3 is 2.88 bits per heavy atom. The number of aromatic nitrogens is 1. The number of halogens is 1. The second-order valence-corrected chi connectivity index (χ2v) is 3.49. The fourth-order valence-corrected chi connectivity index (χ4v) is 1.43. The maximum absolute atomic E-state index is 13.4.